The Kier molecular flexibility index (Phi) is 4.12. The third kappa shape index (κ3) is 2.86. The van der Waals surface area contributed by atoms with Gasteiger partial charge < -0.3 is 10.6 Å². The molecular formula is C12H18N4. The number of nitrogens with two attached hydrogens (primary N) is 1. The van der Waals surface area contributed by atoms with Gasteiger partial charge in [0.25, 0.3) is 0 Å². The van der Waals surface area contributed by atoms with Gasteiger partial charge in [0.1, 0.15) is 5.82 Å². The summed E-state index contributed by atoms with van der Waals surface area (Å²) in [5.74, 6) is 0.916. The van der Waals surface area contributed by atoms with Crippen molar-refractivity contribution in [3.05, 3.63) is 17.8 Å². The minimum absolute atomic E-state index is 0.322. The van der Waals surface area contributed by atoms with Gasteiger partial charge in [0.15, 0.2) is 0 Å². The van der Waals surface area contributed by atoms with Crippen molar-refractivity contribution in [2.75, 3.05) is 17.2 Å². The van der Waals surface area contributed by atoms with E-state index in [0.29, 0.717) is 24.7 Å². The second-order valence-corrected chi connectivity index (χ2v) is 4.10. The predicted octanol–water partition coefficient (Wildman–Crippen LogP) is 2.10. The van der Waals surface area contributed by atoms with E-state index in [9.17, 15) is 0 Å². The van der Waals surface area contributed by atoms with Gasteiger partial charge in [-0.2, -0.15) is 5.26 Å². The SMILES string of the molecule is Cc1cc(N)cnc1N(CCC#N)C(C)C. The molecule has 0 saturated heterocycles. The molecule has 0 fully saturated rings. The molecule has 0 saturated carbocycles. The number of aryl methyl sites for hydroxylation is 1. The number of anilines is 2. The highest BCUT2D eigenvalue weighted by atomic mass is 15.2. The lowest BCUT2D eigenvalue weighted by Crippen LogP contribution is -2.33. The Bertz CT molecular complexity index is 392. The Labute approximate surface area is 96.7 Å². The zero-order valence-electron chi connectivity index (χ0n) is 10.1. The Balaban J connectivity index is 2.97. The number of hydrogen-bond acceptors (Lipinski definition) is 4. The lowest BCUT2D eigenvalue weighted by atomic mass is 10.2. The summed E-state index contributed by atoms with van der Waals surface area (Å²) >= 11 is 0. The van der Waals surface area contributed by atoms with Crippen LogP contribution in [0.25, 0.3) is 0 Å². The molecule has 1 rings (SSSR count). The molecule has 4 heteroatoms. The van der Waals surface area contributed by atoms with Crippen molar-refractivity contribution >= 4 is 11.5 Å². The van der Waals surface area contributed by atoms with E-state index in [1.165, 1.54) is 0 Å². The van der Waals surface area contributed by atoms with E-state index < -0.39 is 0 Å². The fraction of sp³-hybridized carbons (Fsp3) is 0.500. The number of aromatic nitrogens is 1. The summed E-state index contributed by atoms with van der Waals surface area (Å²) in [6, 6.07) is 4.39. The number of pyridine rings is 1. The van der Waals surface area contributed by atoms with Crippen LogP contribution >= 0.6 is 0 Å². The molecule has 0 atom stereocenters. The number of nitrogens with zero attached hydrogens (tertiary/aromatic N) is 3. The number of nitrogen functional groups attached to an aromatic ring is 1. The monoisotopic (exact) mass is 218 g/mol. The molecule has 0 radical (unpaired) electrons. The van der Waals surface area contributed by atoms with E-state index in [1.54, 1.807) is 6.20 Å². The number of nitriles is 1. The Morgan fingerprint density at radius 1 is 1.56 bits per heavy atom. The smallest absolute Gasteiger partial charge is 0.131 e. The average molecular weight is 218 g/mol. The largest absolute Gasteiger partial charge is 0.397 e. The van der Waals surface area contributed by atoms with Gasteiger partial charge in [-0.3, -0.25) is 0 Å². The molecule has 2 N–H and O–H groups in total. The van der Waals surface area contributed by atoms with Gasteiger partial charge in [-0.25, -0.2) is 4.98 Å². The van der Waals surface area contributed by atoms with Crippen LogP contribution in [-0.4, -0.2) is 17.6 Å². The molecule has 0 spiro atoms. The molecule has 0 aliphatic rings. The fourth-order valence-electron chi connectivity index (χ4n) is 1.67. The topological polar surface area (TPSA) is 65.9 Å². The van der Waals surface area contributed by atoms with Crippen LogP contribution in [0.15, 0.2) is 12.3 Å². The van der Waals surface area contributed by atoms with Crippen molar-refractivity contribution < 1.29 is 0 Å². The van der Waals surface area contributed by atoms with Crippen LogP contribution in [0, 0.1) is 18.3 Å². The average Bonchev–Trinajstić information content (AvgIpc) is 2.20. The summed E-state index contributed by atoms with van der Waals surface area (Å²) in [5.41, 5.74) is 7.39. The minimum atomic E-state index is 0.322. The lowest BCUT2D eigenvalue weighted by molar-refractivity contribution is 0.675. The molecule has 1 aromatic rings. The maximum Gasteiger partial charge on any atom is 0.131 e. The summed E-state index contributed by atoms with van der Waals surface area (Å²) in [6.45, 7) is 6.87. The lowest BCUT2D eigenvalue weighted by Gasteiger charge is -2.28. The van der Waals surface area contributed by atoms with Crippen LogP contribution in [-0.2, 0) is 0 Å². The number of rotatable bonds is 4. The molecule has 0 unspecified atom stereocenters. The normalized spacial score (nSPS) is 10.2. The number of hydrogen-bond donors (Lipinski definition) is 1. The zero-order valence-corrected chi connectivity index (χ0v) is 10.1. The molecule has 1 heterocycles. The third-order valence-corrected chi connectivity index (χ3v) is 2.43. The first kappa shape index (κ1) is 12.3. The quantitative estimate of drug-likeness (QED) is 0.840. The van der Waals surface area contributed by atoms with Crippen molar-refractivity contribution in [2.24, 2.45) is 0 Å². The Morgan fingerprint density at radius 2 is 2.25 bits per heavy atom. The van der Waals surface area contributed by atoms with Gasteiger partial charge in [-0.15, -0.1) is 0 Å². The molecule has 1 aromatic heterocycles. The van der Waals surface area contributed by atoms with Gasteiger partial charge in [0.05, 0.1) is 24.4 Å². The fourth-order valence-corrected chi connectivity index (χ4v) is 1.67. The molecular weight excluding hydrogens is 200 g/mol. The maximum absolute atomic E-state index is 8.64. The Morgan fingerprint density at radius 3 is 2.75 bits per heavy atom. The highest BCUT2D eigenvalue weighted by Gasteiger charge is 2.13. The first-order valence-corrected chi connectivity index (χ1v) is 5.42. The van der Waals surface area contributed by atoms with Crippen molar-refractivity contribution in [3.8, 4) is 6.07 Å². The first-order chi connectivity index (χ1) is 7.56. The van der Waals surface area contributed by atoms with Gasteiger partial charge in [0, 0.05) is 12.6 Å². The maximum atomic E-state index is 8.64. The molecule has 0 aromatic carbocycles. The molecule has 0 amide bonds. The summed E-state index contributed by atoms with van der Waals surface area (Å²) in [6.07, 6.45) is 2.16. The minimum Gasteiger partial charge on any atom is -0.397 e. The van der Waals surface area contributed by atoms with E-state index >= 15 is 0 Å². The van der Waals surface area contributed by atoms with Crippen molar-refractivity contribution in [1.82, 2.24) is 4.98 Å². The van der Waals surface area contributed by atoms with Gasteiger partial charge >= 0.3 is 0 Å². The molecule has 86 valence electrons. The van der Waals surface area contributed by atoms with Crippen LogP contribution in [0.4, 0.5) is 11.5 Å². The van der Waals surface area contributed by atoms with Gasteiger partial charge in [-0.05, 0) is 32.4 Å². The summed E-state index contributed by atoms with van der Waals surface area (Å²) in [4.78, 5) is 6.47. The van der Waals surface area contributed by atoms with Crippen LogP contribution in [0.3, 0.4) is 0 Å². The standard InChI is InChI=1S/C12H18N4/c1-9(2)16(6-4-5-13)12-10(3)7-11(14)8-15-12/h7-9H,4,6,14H2,1-3H3. The van der Waals surface area contributed by atoms with Crippen LogP contribution in [0.5, 0.6) is 0 Å². The van der Waals surface area contributed by atoms with E-state index in [2.05, 4.69) is 29.8 Å². The van der Waals surface area contributed by atoms with E-state index in [4.69, 9.17) is 11.0 Å². The third-order valence-electron chi connectivity index (χ3n) is 2.43. The van der Waals surface area contributed by atoms with E-state index in [0.717, 1.165) is 11.4 Å². The highest BCUT2D eigenvalue weighted by Crippen LogP contribution is 2.21. The second-order valence-electron chi connectivity index (χ2n) is 4.10. The van der Waals surface area contributed by atoms with Crippen LogP contribution < -0.4 is 10.6 Å². The van der Waals surface area contributed by atoms with Crippen molar-refractivity contribution in [1.29, 1.82) is 5.26 Å². The molecule has 4 nitrogen and oxygen atoms in total. The molecule has 0 bridgehead atoms. The summed E-state index contributed by atoms with van der Waals surface area (Å²) in [7, 11) is 0. The Hall–Kier alpha value is -1.76. The van der Waals surface area contributed by atoms with E-state index in [-0.39, 0.29) is 0 Å². The van der Waals surface area contributed by atoms with Crippen molar-refractivity contribution in [2.45, 2.75) is 33.2 Å². The van der Waals surface area contributed by atoms with E-state index in [1.807, 2.05) is 13.0 Å². The molecule has 0 aliphatic carbocycles. The zero-order chi connectivity index (χ0) is 12.1. The molecule has 0 aliphatic heterocycles. The summed E-state index contributed by atoms with van der Waals surface area (Å²) in [5, 5.41) is 8.64. The van der Waals surface area contributed by atoms with Crippen LogP contribution in [0.2, 0.25) is 0 Å². The van der Waals surface area contributed by atoms with Crippen molar-refractivity contribution in [3.63, 3.8) is 0 Å². The highest BCUT2D eigenvalue weighted by molar-refractivity contribution is 5.53. The van der Waals surface area contributed by atoms with Crippen LogP contribution in [0.1, 0.15) is 25.8 Å². The predicted molar refractivity (Wildman–Crippen MR) is 66.1 cm³/mol. The second kappa shape index (κ2) is 5.36. The van der Waals surface area contributed by atoms with Gasteiger partial charge in [0.2, 0.25) is 0 Å². The first-order valence-electron chi connectivity index (χ1n) is 5.42. The van der Waals surface area contributed by atoms with Gasteiger partial charge in [-0.1, -0.05) is 0 Å². The summed E-state index contributed by atoms with van der Waals surface area (Å²) < 4.78 is 0. The molecule has 16 heavy (non-hydrogen) atoms.